The van der Waals surface area contributed by atoms with Crippen LogP contribution in [0.4, 0.5) is 11.4 Å². The number of rotatable bonds is 3. The van der Waals surface area contributed by atoms with Gasteiger partial charge in [-0.05, 0) is 49.3 Å². The first-order chi connectivity index (χ1) is 9.25. The molecular formula is C16H21ClN2S. The summed E-state index contributed by atoms with van der Waals surface area (Å²) >= 11 is 1.87. The van der Waals surface area contributed by atoms with Crippen molar-refractivity contribution >= 4 is 35.1 Å². The lowest BCUT2D eigenvalue weighted by atomic mass is 10.1. The van der Waals surface area contributed by atoms with Crippen molar-refractivity contribution in [2.75, 3.05) is 11.4 Å². The molecule has 1 aromatic carbocycles. The van der Waals surface area contributed by atoms with Gasteiger partial charge in [0.2, 0.25) is 0 Å². The van der Waals surface area contributed by atoms with Gasteiger partial charge in [0.1, 0.15) is 0 Å². The number of para-hydroxylation sites is 1. The molecular weight excluding hydrogens is 288 g/mol. The van der Waals surface area contributed by atoms with Gasteiger partial charge >= 0.3 is 0 Å². The number of anilines is 2. The number of nitrogens with zero attached hydrogens (tertiary/aromatic N) is 1. The van der Waals surface area contributed by atoms with Gasteiger partial charge in [-0.3, -0.25) is 0 Å². The molecule has 0 bridgehead atoms. The molecule has 3 rings (SSSR count). The van der Waals surface area contributed by atoms with E-state index >= 15 is 0 Å². The number of thiophene rings is 1. The molecule has 2 N–H and O–H groups in total. The van der Waals surface area contributed by atoms with Gasteiger partial charge in [-0.15, -0.1) is 23.7 Å². The van der Waals surface area contributed by atoms with Gasteiger partial charge < -0.3 is 10.6 Å². The molecule has 0 amide bonds. The first kappa shape index (κ1) is 15.4. The van der Waals surface area contributed by atoms with Crippen LogP contribution in [0.3, 0.4) is 0 Å². The Hall–Kier alpha value is -1.03. The second-order valence-corrected chi connectivity index (χ2v) is 6.28. The predicted molar refractivity (Wildman–Crippen MR) is 90.7 cm³/mol. The molecule has 20 heavy (non-hydrogen) atoms. The Morgan fingerprint density at radius 3 is 2.80 bits per heavy atom. The first-order valence-electron chi connectivity index (χ1n) is 6.93. The fourth-order valence-electron chi connectivity index (χ4n) is 2.70. The van der Waals surface area contributed by atoms with Gasteiger partial charge in [0.25, 0.3) is 0 Å². The highest BCUT2D eigenvalue weighted by Crippen LogP contribution is 2.38. The Balaban J connectivity index is 0.00000147. The van der Waals surface area contributed by atoms with Crippen LogP contribution in [0.15, 0.2) is 35.7 Å². The standard InChI is InChI=1S/C16H20N2S.ClH/c1-12(17)8-10-18-14-5-3-2-4-13(14)6-7-16-15(18)9-11-19-16;/h2-5,9,11-12H,6-8,10,17H2,1H3;1H. The minimum absolute atomic E-state index is 0. The van der Waals surface area contributed by atoms with Crippen LogP contribution in [0.25, 0.3) is 0 Å². The Kier molecular flexibility index (Phi) is 5.08. The van der Waals surface area contributed by atoms with E-state index in [0.717, 1.165) is 25.8 Å². The van der Waals surface area contributed by atoms with Crippen LogP contribution >= 0.6 is 23.7 Å². The third kappa shape index (κ3) is 3.00. The molecule has 0 aliphatic carbocycles. The molecule has 0 spiro atoms. The highest BCUT2D eigenvalue weighted by atomic mass is 35.5. The van der Waals surface area contributed by atoms with E-state index in [0.29, 0.717) is 0 Å². The van der Waals surface area contributed by atoms with Crippen molar-refractivity contribution in [1.29, 1.82) is 0 Å². The molecule has 2 aromatic rings. The van der Waals surface area contributed by atoms with Crippen molar-refractivity contribution in [2.45, 2.75) is 32.2 Å². The van der Waals surface area contributed by atoms with Gasteiger partial charge in [-0.1, -0.05) is 18.2 Å². The number of fused-ring (bicyclic) bond motifs is 2. The Bertz CT molecular complexity index is 565. The molecule has 1 aliphatic rings. The fraction of sp³-hybridized carbons (Fsp3) is 0.375. The summed E-state index contributed by atoms with van der Waals surface area (Å²) in [7, 11) is 0. The zero-order chi connectivity index (χ0) is 13.2. The Labute approximate surface area is 131 Å². The highest BCUT2D eigenvalue weighted by molar-refractivity contribution is 7.10. The quantitative estimate of drug-likeness (QED) is 0.923. The number of hydrogen-bond donors (Lipinski definition) is 1. The lowest BCUT2D eigenvalue weighted by molar-refractivity contribution is 0.668. The van der Waals surface area contributed by atoms with Gasteiger partial charge in [-0.2, -0.15) is 0 Å². The molecule has 1 atom stereocenters. The first-order valence-corrected chi connectivity index (χ1v) is 7.81. The van der Waals surface area contributed by atoms with E-state index in [1.54, 1.807) is 0 Å². The number of nitrogens with two attached hydrogens (primary N) is 1. The molecule has 108 valence electrons. The SMILES string of the molecule is CC(N)CCN1c2ccccc2CCc2sccc21.Cl. The zero-order valence-corrected chi connectivity index (χ0v) is 13.3. The summed E-state index contributed by atoms with van der Waals surface area (Å²) < 4.78 is 0. The molecule has 1 aliphatic heterocycles. The van der Waals surface area contributed by atoms with E-state index in [-0.39, 0.29) is 18.4 Å². The normalized spacial score (nSPS) is 14.8. The van der Waals surface area contributed by atoms with Gasteiger partial charge in [0.05, 0.1) is 5.69 Å². The molecule has 0 radical (unpaired) electrons. The largest absolute Gasteiger partial charge is 0.340 e. The maximum Gasteiger partial charge on any atom is 0.0552 e. The third-order valence-electron chi connectivity index (χ3n) is 3.72. The van der Waals surface area contributed by atoms with Crippen LogP contribution in [0, 0.1) is 0 Å². The summed E-state index contributed by atoms with van der Waals surface area (Å²) in [6, 6.07) is 11.3. The second kappa shape index (κ2) is 6.61. The van der Waals surface area contributed by atoms with Crippen molar-refractivity contribution in [3.63, 3.8) is 0 Å². The molecule has 2 nitrogen and oxygen atoms in total. The molecule has 1 unspecified atom stereocenters. The summed E-state index contributed by atoms with van der Waals surface area (Å²) in [5.74, 6) is 0. The molecule has 2 heterocycles. The summed E-state index contributed by atoms with van der Waals surface area (Å²) in [5, 5.41) is 2.21. The van der Waals surface area contributed by atoms with Crippen LogP contribution in [-0.2, 0) is 12.8 Å². The third-order valence-corrected chi connectivity index (χ3v) is 4.69. The van der Waals surface area contributed by atoms with Crippen molar-refractivity contribution in [1.82, 2.24) is 0 Å². The van der Waals surface area contributed by atoms with E-state index in [9.17, 15) is 0 Å². The maximum atomic E-state index is 5.94. The van der Waals surface area contributed by atoms with E-state index in [4.69, 9.17) is 5.73 Å². The number of halogens is 1. The monoisotopic (exact) mass is 308 g/mol. The fourth-order valence-corrected chi connectivity index (χ4v) is 3.58. The minimum Gasteiger partial charge on any atom is -0.340 e. The van der Waals surface area contributed by atoms with E-state index in [1.165, 1.54) is 21.8 Å². The average Bonchev–Trinajstić information content (AvgIpc) is 2.80. The Morgan fingerprint density at radius 1 is 1.20 bits per heavy atom. The summed E-state index contributed by atoms with van der Waals surface area (Å²) in [6.45, 7) is 3.08. The van der Waals surface area contributed by atoms with Crippen molar-refractivity contribution < 1.29 is 0 Å². The van der Waals surface area contributed by atoms with Crippen LogP contribution in [0.2, 0.25) is 0 Å². The van der Waals surface area contributed by atoms with Crippen molar-refractivity contribution in [2.24, 2.45) is 5.73 Å². The Morgan fingerprint density at radius 2 is 2.00 bits per heavy atom. The van der Waals surface area contributed by atoms with E-state index < -0.39 is 0 Å². The van der Waals surface area contributed by atoms with Crippen LogP contribution in [-0.4, -0.2) is 12.6 Å². The number of aryl methyl sites for hydroxylation is 2. The van der Waals surface area contributed by atoms with Crippen molar-refractivity contribution in [3.05, 3.63) is 46.2 Å². The smallest absolute Gasteiger partial charge is 0.0552 e. The second-order valence-electron chi connectivity index (χ2n) is 5.28. The number of benzene rings is 1. The highest BCUT2D eigenvalue weighted by Gasteiger charge is 2.21. The average molecular weight is 309 g/mol. The van der Waals surface area contributed by atoms with Gasteiger partial charge in [-0.25, -0.2) is 0 Å². The lowest BCUT2D eigenvalue weighted by Gasteiger charge is -2.26. The van der Waals surface area contributed by atoms with E-state index in [2.05, 4.69) is 47.5 Å². The molecule has 1 aromatic heterocycles. The predicted octanol–water partition coefficient (Wildman–Crippen LogP) is 4.14. The van der Waals surface area contributed by atoms with Gasteiger partial charge in [0.15, 0.2) is 0 Å². The topological polar surface area (TPSA) is 29.3 Å². The molecule has 4 heteroatoms. The summed E-state index contributed by atoms with van der Waals surface area (Å²) in [6.07, 6.45) is 3.31. The summed E-state index contributed by atoms with van der Waals surface area (Å²) in [5.41, 5.74) is 10.1. The van der Waals surface area contributed by atoms with Crippen LogP contribution < -0.4 is 10.6 Å². The molecule has 0 fully saturated rings. The summed E-state index contributed by atoms with van der Waals surface area (Å²) in [4.78, 5) is 3.96. The minimum atomic E-state index is 0. The van der Waals surface area contributed by atoms with Crippen LogP contribution in [0.1, 0.15) is 23.8 Å². The number of hydrogen-bond acceptors (Lipinski definition) is 3. The molecule has 0 saturated carbocycles. The van der Waals surface area contributed by atoms with Crippen LogP contribution in [0.5, 0.6) is 0 Å². The van der Waals surface area contributed by atoms with Gasteiger partial charge in [0, 0.05) is 23.2 Å². The zero-order valence-electron chi connectivity index (χ0n) is 11.7. The lowest BCUT2D eigenvalue weighted by Crippen LogP contribution is -2.25. The van der Waals surface area contributed by atoms with Crippen molar-refractivity contribution in [3.8, 4) is 0 Å². The van der Waals surface area contributed by atoms with E-state index in [1.807, 2.05) is 11.3 Å². The molecule has 0 saturated heterocycles. The maximum absolute atomic E-state index is 5.94.